The van der Waals surface area contributed by atoms with Crippen molar-refractivity contribution >= 4 is 11.4 Å². The maximum Gasteiger partial charge on any atom is 0.295 e. The number of rotatable bonds is 4. The van der Waals surface area contributed by atoms with Crippen LogP contribution in [0.3, 0.4) is 0 Å². The molecular formula is C11H10FN3O3. The van der Waals surface area contributed by atoms with Gasteiger partial charge < -0.3 is 9.84 Å². The lowest BCUT2D eigenvalue weighted by Gasteiger charge is -2.06. The zero-order valence-corrected chi connectivity index (χ0v) is 9.51. The van der Waals surface area contributed by atoms with Crippen molar-refractivity contribution in [1.29, 1.82) is 0 Å². The van der Waals surface area contributed by atoms with E-state index in [1.807, 2.05) is 0 Å². The predicted octanol–water partition coefficient (Wildman–Crippen LogP) is 2.64. The molecule has 2 rings (SSSR count). The smallest absolute Gasteiger partial charge is 0.295 e. The topological polar surface area (TPSA) is 81.2 Å². The number of anilines is 1. The summed E-state index contributed by atoms with van der Waals surface area (Å²) in [7, 11) is 0. The van der Waals surface area contributed by atoms with Gasteiger partial charge in [-0.1, -0.05) is 5.16 Å². The molecule has 0 bridgehead atoms. The third-order valence-corrected chi connectivity index (χ3v) is 2.42. The Morgan fingerprint density at radius 1 is 1.56 bits per heavy atom. The van der Waals surface area contributed by atoms with Crippen LogP contribution in [0.4, 0.5) is 15.8 Å². The van der Waals surface area contributed by atoms with Crippen molar-refractivity contribution in [3.05, 3.63) is 51.7 Å². The predicted molar refractivity (Wildman–Crippen MR) is 61.6 cm³/mol. The normalized spacial score (nSPS) is 10.3. The number of nitro groups is 1. The maximum atomic E-state index is 13.3. The van der Waals surface area contributed by atoms with Gasteiger partial charge in [0.2, 0.25) is 0 Å². The van der Waals surface area contributed by atoms with Gasteiger partial charge in [0.05, 0.1) is 23.7 Å². The summed E-state index contributed by atoms with van der Waals surface area (Å²) in [6.45, 7) is 1.78. The third-order valence-electron chi connectivity index (χ3n) is 2.42. The van der Waals surface area contributed by atoms with Gasteiger partial charge in [-0.2, -0.15) is 0 Å². The molecule has 0 aliphatic heterocycles. The summed E-state index contributed by atoms with van der Waals surface area (Å²) in [6.07, 6.45) is 1.47. The second-order valence-corrected chi connectivity index (χ2v) is 3.71. The highest BCUT2D eigenvalue weighted by Gasteiger charge is 2.17. The molecule has 0 aliphatic rings. The first-order chi connectivity index (χ1) is 8.58. The Balaban J connectivity index is 2.25. The molecule has 18 heavy (non-hydrogen) atoms. The Morgan fingerprint density at radius 3 is 2.94 bits per heavy atom. The summed E-state index contributed by atoms with van der Waals surface area (Å²) >= 11 is 0. The third kappa shape index (κ3) is 2.45. The standard InChI is InChI=1S/C11H10FN3O3/c1-7-4-10(11(15(16)17)5-9(7)12)13-6-8-2-3-14-18-8/h2-5,13H,6H2,1H3. The molecule has 0 aliphatic carbocycles. The van der Waals surface area contributed by atoms with Crippen molar-refractivity contribution in [2.24, 2.45) is 0 Å². The summed E-state index contributed by atoms with van der Waals surface area (Å²) in [5, 5.41) is 17.1. The minimum absolute atomic E-state index is 0.242. The number of hydrogen-bond acceptors (Lipinski definition) is 5. The van der Waals surface area contributed by atoms with Gasteiger partial charge in [0.1, 0.15) is 11.5 Å². The van der Waals surface area contributed by atoms with Crippen LogP contribution in [-0.2, 0) is 6.54 Å². The molecule has 0 radical (unpaired) electrons. The average molecular weight is 251 g/mol. The highest BCUT2D eigenvalue weighted by Crippen LogP contribution is 2.27. The second-order valence-electron chi connectivity index (χ2n) is 3.71. The summed E-state index contributed by atoms with van der Waals surface area (Å²) in [6, 6.07) is 3.93. The molecule has 0 saturated carbocycles. The van der Waals surface area contributed by atoms with Crippen LogP contribution in [0.15, 0.2) is 28.9 Å². The zero-order chi connectivity index (χ0) is 13.1. The summed E-state index contributed by atoms with van der Waals surface area (Å²) < 4.78 is 18.1. The van der Waals surface area contributed by atoms with Crippen molar-refractivity contribution in [1.82, 2.24) is 5.16 Å². The lowest BCUT2D eigenvalue weighted by molar-refractivity contribution is -0.384. The number of aryl methyl sites for hydroxylation is 1. The molecule has 1 heterocycles. The Hall–Kier alpha value is -2.44. The van der Waals surface area contributed by atoms with Gasteiger partial charge in [0.25, 0.3) is 5.69 Å². The van der Waals surface area contributed by atoms with Gasteiger partial charge >= 0.3 is 0 Å². The number of hydrogen-bond donors (Lipinski definition) is 1. The summed E-state index contributed by atoms with van der Waals surface area (Å²) in [5.74, 6) is -0.0711. The van der Waals surface area contributed by atoms with Gasteiger partial charge in [0, 0.05) is 6.07 Å². The zero-order valence-electron chi connectivity index (χ0n) is 9.51. The minimum Gasteiger partial charge on any atom is -0.372 e. The molecule has 0 fully saturated rings. The largest absolute Gasteiger partial charge is 0.372 e. The summed E-state index contributed by atoms with van der Waals surface area (Å²) in [4.78, 5) is 10.2. The SMILES string of the molecule is Cc1cc(NCc2ccno2)c([N+](=O)[O-])cc1F. The number of halogens is 1. The van der Waals surface area contributed by atoms with Gasteiger partial charge in [-0.15, -0.1) is 0 Å². The molecule has 1 aromatic carbocycles. The number of nitrogens with zero attached hydrogens (tertiary/aromatic N) is 2. The van der Waals surface area contributed by atoms with Crippen LogP contribution >= 0.6 is 0 Å². The molecular weight excluding hydrogens is 241 g/mol. The number of benzene rings is 1. The second kappa shape index (κ2) is 4.82. The van der Waals surface area contributed by atoms with Crippen LogP contribution in [0.2, 0.25) is 0 Å². The molecule has 0 saturated heterocycles. The fraction of sp³-hybridized carbons (Fsp3) is 0.182. The van der Waals surface area contributed by atoms with Gasteiger partial charge in [-0.25, -0.2) is 4.39 Å². The van der Waals surface area contributed by atoms with Crippen LogP contribution in [-0.4, -0.2) is 10.1 Å². The van der Waals surface area contributed by atoms with Crippen molar-refractivity contribution in [2.75, 3.05) is 5.32 Å². The van der Waals surface area contributed by atoms with E-state index in [9.17, 15) is 14.5 Å². The van der Waals surface area contributed by atoms with Crippen LogP contribution in [0, 0.1) is 22.9 Å². The van der Waals surface area contributed by atoms with Crippen molar-refractivity contribution in [2.45, 2.75) is 13.5 Å². The quantitative estimate of drug-likeness (QED) is 0.667. The summed E-state index contributed by atoms with van der Waals surface area (Å²) in [5.41, 5.74) is 0.272. The van der Waals surface area contributed by atoms with E-state index in [0.717, 1.165) is 6.07 Å². The van der Waals surface area contributed by atoms with E-state index in [-0.39, 0.29) is 17.9 Å². The molecule has 1 aromatic heterocycles. The molecule has 0 spiro atoms. The van der Waals surface area contributed by atoms with Gasteiger partial charge in [-0.05, 0) is 18.6 Å². The van der Waals surface area contributed by atoms with Crippen molar-refractivity contribution < 1.29 is 13.8 Å². The fourth-order valence-corrected chi connectivity index (χ4v) is 1.48. The molecule has 7 heteroatoms. The van der Waals surface area contributed by atoms with Crippen LogP contribution in [0.25, 0.3) is 0 Å². The molecule has 0 amide bonds. The molecule has 1 N–H and O–H groups in total. The molecule has 2 aromatic rings. The average Bonchev–Trinajstić information content (AvgIpc) is 2.83. The first kappa shape index (κ1) is 12.0. The van der Waals surface area contributed by atoms with E-state index in [2.05, 4.69) is 10.5 Å². The van der Waals surface area contributed by atoms with Crippen LogP contribution < -0.4 is 5.32 Å². The Kier molecular flexibility index (Phi) is 3.22. The lowest BCUT2D eigenvalue weighted by atomic mass is 10.1. The monoisotopic (exact) mass is 251 g/mol. The Bertz CT molecular complexity index is 569. The Morgan fingerprint density at radius 2 is 2.33 bits per heavy atom. The van der Waals surface area contributed by atoms with E-state index in [1.54, 1.807) is 13.0 Å². The molecule has 0 atom stereocenters. The molecule has 6 nitrogen and oxygen atoms in total. The lowest BCUT2D eigenvalue weighted by Crippen LogP contribution is -2.03. The van der Waals surface area contributed by atoms with Crippen molar-refractivity contribution in [3.8, 4) is 0 Å². The van der Waals surface area contributed by atoms with E-state index in [1.165, 1.54) is 12.3 Å². The van der Waals surface area contributed by atoms with E-state index < -0.39 is 10.7 Å². The van der Waals surface area contributed by atoms with Gasteiger partial charge in [0.15, 0.2) is 5.76 Å². The highest BCUT2D eigenvalue weighted by atomic mass is 19.1. The number of aromatic nitrogens is 1. The van der Waals surface area contributed by atoms with Crippen LogP contribution in [0.1, 0.15) is 11.3 Å². The van der Waals surface area contributed by atoms with Crippen LogP contribution in [0.5, 0.6) is 0 Å². The van der Waals surface area contributed by atoms with E-state index in [0.29, 0.717) is 11.3 Å². The van der Waals surface area contributed by atoms with E-state index in [4.69, 9.17) is 4.52 Å². The maximum absolute atomic E-state index is 13.3. The Labute approximate surface area is 102 Å². The number of nitrogens with one attached hydrogen (secondary N) is 1. The first-order valence-corrected chi connectivity index (χ1v) is 5.16. The van der Waals surface area contributed by atoms with Crippen molar-refractivity contribution in [3.63, 3.8) is 0 Å². The molecule has 94 valence electrons. The minimum atomic E-state index is -0.634. The fourth-order valence-electron chi connectivity index (χ4n) is 1.48. The highest BCUT2D eigenvalue weighted by molar-refractivity contribution is 5.63. The molecule has 0 unspecified atom stereocenters. The van der Waals surface area contributed by atoms with Gasteiger partial charge in [-0.3, -0.25) is 10.1 Å². The first-order valence-electron chi connectivity index (χ1n) is 5.16. The van der Waals surface area contributed by atoms with E-state index >= 15 is 0 Å². The number of nitro benzene ring substituents is 1.